The van der Waals surface area contributed by atoms with Crippen molar-refractivity contribution in [2.24, 2.45) is 0 Å². The molecule has 1 unspecified atom stereocenters. The van der Waals surface area contributed by atoms with Gasteiger partial charge in [0.05, 0.1) is 10.7 Å². The van der Waals surface area contributed by atoms with Crippen molar-refractivity contribution in [3.63, 3.8) is 0 Å². The fraction of sp³-hybridized carbons (Fsp3) is 0.364. The first-order chi connectivity index (χ1) is 6.72. The number of benzene rings is 1. The zero-order chi connectivity index (χ0) is 10.1. The van der Waals surface area contributed by atoms with Gasteiger partial charge in [-0.05, 0) is 46.7 Å². The highest BCUT2D eigenvalue weighted by Gasteiger charge is 2.29. The average Bonchev–Trinajstić information content (AvgIpc) is 2.16. The number of ketones is 1. The van der Waals surface area contributed by atoms with Crippen molar-refractivity contribution in [2.75, 3.05) is 7.11 Å². The van der Waals surface area contributed by atoms with Gasteiger partial charge in [-0.3, -0.25) is 4.79 Å². The lowest BCUT2D eigenvalue weighted by molar-refractivity contribution is -0.125. The number of ether oxygens (including phenoxy) is 1. The number of carbonyl (C=O) groups excluding carboxylic acids is 1. The van der Waals surface area contributed by atoms with Crippen molar-refractivity contribution >= 4 is 28.4 Å². The number of methoxy groups -OCH3 is 1. The number of carbonyl (C=O) groups is 1. The van der Waals surface area contributed by atoms with Crippen LogP contribution in [0.5, 0.6) is 5.75 Å². The Morgan fingerprint density at radius 1 is 1.50 bits per heavy atom. The van der Waals surface area contributed by atoms with Crippen molar-refractivity contribution in [3.05, 3.63) is 27.3 Å². The maximum Gasteiger partial charge on any atom is 0.140 e. The molecule has 1 aliphatic rings. The second kappa shape index (κ2) is 3.88. The van der Waals surface area contributed by atoms with Crippen LogP contribution in [0.4, 0.5) is 0 Å². The van der Waals surface area contributed by atoms with Gasteiger partial charge in [0.25, 0.3) is 0 Å². The first kappa shape index (κ1) is 9.96. The lowest BCUT2D eigenvalue weighted by atomic mass is 9.79. The van der Waals surface area contributed by atoms with Crippen molar-refractivity contribution in [2.45, 2.75) is 18.8 Å². The molecule has 0 heterocycles. The van der Waals surface area contributed by atoms with Crippen LogP contribution in [0.15, 0.2) is 18.2 Å². The van der Waals surface area contributed by atoms with Crippen LogP contribution >= 0.6 is 22.6 Å². The van der Waals surface area contributed by atoms with E-state index in [4.69, 9.17) is 4.74 Å². The standard InChI is InChI=1S/C11H11IO2/c1-14-11-5-2-7(6-9(11)12)8-3-4-10(8)13/h2,5-6,8H,3-4H2,1H3. The van der Waals surface area contributed by atoms with Crippen molar-refractivity contribution in [1.82, 2.24) is 0 Å². The van der Waals surface area contributed by atoms with Crippen LogP contribution in [0.2, 0.25) is 0 Å². The van der Waals surface area contributed by atoms with E-state index < -0.39 is 0 Å². The van der Waals surface area contributed by atoms with Crippen LogP contribution < -0.4 is 4.74 Å². The zero-order valence-electron chi connectivity index (χ0n) is 7.92. The third kappa shape index (κ3) is 1.65. The minimum atomic E-state index is 0.148. The quantitative estimate of drug-likeness (QED) is 0.785. The Hall–Kier alpha value is -0.580. The zero-order valence-corrected chi connectivity index (χ0v) is 10.1. The third-order valence-corrected chi connectivity index (χ3v) is 3.49. The van der Waals surface area contributed by atoms with E-state index in [1.165, 1.54) is 0 Å². The lowest BCUT2D eigenvalue weighted by Crippen LogP contribution is -2.23. The highest BCUT2D eigenvalue weighted by Crippen LogP contribution is 2.35. The molecule has 0 bridgehead atoms. The summed E-state index contributed by atoms with van der Waals surface area (Å²) >= 11 is 2.23. The third-order valence-electron chi connectivity index (χ3n) is 2.65. The molecule has 1 saturated carbocycles. The maximum absolute atomic E-state index is 11.3. The van der Waals surface area contributed by atoms with E-state index >= 15 is 0 Å². The molecule has 1 aliphatic carbocycles. The Bertz CT molecular complexity index is 374. The first-order valence-electron chi connectivity index (χ1n) is 4.58. The molecule has 3 heteroatoms. The summed E-state index contributed by atoms with van der Waals surface area (Å²) in [6.07, 6.45) is 1.74. The van der Waals surface area contributed by atoms with Gasteiger partial charge in [-0.15, -0.1) is 0 Å². The molecule has 1 aromatic rings. The van der Waals surface area contributed by atoms with E-state index in [0.717, 1.165) is 27.7 Å². The van der Waals surface area contributed by atoms with Gasteiger partial charge in [0.2, 0.25) is 0 Å². The fourth-order valence-corrected chi connectivity index (χ4v) is 2.42. The molecule has 0 radical (unpaired) electrons. The molecule has 0 aliphatic heterocycles. The van der Waals surface area contributed by atoms with Crippen molar-refractivity contribution in [1.29, 1.82) is 0 Å². The van der Waals surface area contributed by atoms with Gasteiger partial charge in [0.15, 0.2) is 0 Å². The minimum absolute atomic E-state index is 0.148. The molecule has 0 spiro atoms. The molecule has 14 heavy (non-hydrogen) atoms. The highest BCUT2D eigenvalue weighted by atomic mass is 127. The molecule has 2 nitrogen and oxygen atoms in total. The number of rotatable bonds is 2. The first-order valence-corrected chi connectivity index (χ1v) is 5.66. The molecule has 0 N–H and O–H groups in total. The Morgan fingerprint density at radius 3 is 2.71 bits per heavy atom. The predicted molar refractivity (Wildman–Crippen MR) is 62.7 cm³/mol. The van der Waals surface area contributed by atoms with Gasteiger partial charge in [0, 0.05) is 12.3 Å². The van der Waals surface area contributed by atoms with E-state index in [-0.39, 0.29) is 5.92 Å². The minimum Gasteiger partial charge on any atom is -0.496 e. The van der Waals surface area contributed by atoms with Gasteiger partial charge < -0.3 is 4.74 Å². The van der Waals surface area contributed by atoms with E-state index in [1.54, 1.807) is 7.11 Å². The van der Waals surface area contributed by atoms with Crippen LogP contribution in [-0.2, 0) is 4.79 Å². The molecule has 1 atom stereocenters. The van der Waals surface area contributed by atoms with Gasteiger partial charge in [-0.25, -0.2) is 0 Å². The van der Waals surface area contributed by atoms with Crippen LogP contribution in [0.3, 0.4) is 0 Å². The largest absolute Gasteiger partial charge is 0.496 e. The van der Waals surface area contributed by atoms with Crippen molar-refractivity contribution < 1.29 is 9.53 Å². The summed E-state index contributed by atoms with van der Waals surface area (Å²) in [5, 5.41) is 0. The van der Waals surface area contributed by atoms with Gasteiger partial charge in [0.1, 0.15) is 11.5 Å². The number of hydrogen-bond donors (Lipinski definition) is 0. The second-order valence-electron chi connectivity index (χ2n) is 3.45. The molecular weight excluding hydrogens is 291 g/mol. The Morgan fingerprint density at radius 2 is 2.29 bits per heavy atom. The number of hydrogen-bond acceptors (Lipinski definition) is 2. The predicted octanol–water partition coefficient (Wildman–Crippen LogP) is 2.75. The van der Waals surface area contributed by atoms with E-state index in [0.29, 0.717) is 5.78 Å². The summed E-state index contributed by atoms with van der Waals surface area (Å²) in [7, 11) is 1.66. The summed E-state index contributed by atoms with van der Waals surface area (Å²) in [6.45, 7) is 0. The SMILES string of the molecule is COc1ccc(C2CCC2=O)cc1I. The average molecular weight is 302 g/mol. The Labute approximate surface area is 96.8 Å². The summed E-state index contributed by atoms with van der Waals surface area (Å²) < 4.78 is 6.24. The Balaban J connectivity index is 2.28. The summed E-state index contributed by atoms with van der Waals surface area (Å²) in [5.74, 6) is 1.39. The normalized spacial score (nSPS) is 20.4. The molecule has 0 aromatic heterocycles. The second-order valence-corrected chi connectivity index (χ2v) is 4.61. The number of Topliss-reactive ketones (excluding diaryl/α,β-unsaturated/α-hetero) is 1. The molecule has 2 rings (SSSR count). The van der Waals surface area contributed by atoms with Gasteiger partial charge in [-0.2, -0.15) is 0 Å². The van der Waals surface area contributed by atoms with E-state index in [1.807, 2.05) is 18.2 Å². The van der Waals surface area contributed by atoms with Crippen LogP contribution in [0.1, 0.15) is 24.3 Å². The Kier molecular flexibility index (Phi) is 2.76. The van der Waals surface area contributed by atoms with E-state index in [9.17, 15) is 4.79 Å². The molecule has 0 saturated heterocycles. The fourth-order valence-electron chi connectivity index (χ4n) is 1.66. The monoisotopic (exact) mass is 302 g/mol. The van der Waals surface area contributed by atoms with Crippen LogP contribution in [-0.4, -0.2) is 12.9 Å². The van der Waals surface area contributed by atoms with Crippen LogP contribution in [0, 0.1) is 3.57 Å². The molecular formula is C11H11IO2. The number of halogens is 1. The van der Waals surface area contributed by atoms with E-state index in [2.05, 4.69) is 22.6 Å². The summed E-state index contributed by atoms with van der Waals surface area (Å²) in [4.78, 5) is 11.3. The van der Waals surface area contributed by atoms with Crippen molar-refractivity contribution in [3.8, 4) is 5.75 Å². The molecule has 1 aromatic carbocycles. The highest BCUT2D eigenvalue weighted by molar-refractivity contribution is 14.1. The lowest BCUT2D eigenvalue weighted by Gasteiger charge is -2.24. The summed E-state index contributed by atoms with van der Waals surface area (Å²) in [5.41, 5.74) is 1.13. The maximum atomic E-state index is 11.3. The molecule has 74 valence electrons. The van der Waals surface area contributed by atoms with Crippen LogP contribution in [0.25, 0.3) is 0 Å². The molecule has 1 fully saturated rings. The smallest absolute Gasteiger partial charge is 0.140 e. The topological polar surface area (TPSA) is 26.3 Å². The van der Waals surface area contributed by atoms with Gasteiger partial charge >= 0.3 is 0 Å². The van der Waals surface area contributed by atoms with Gasteiger partial charge in [-0.1, -0.05) is 6.07 Å². The molecule has 0 amide bonds. The summed E-state index contributed by atoms with van der Waals surface area (Å²) in [6, 6.07) is 5.96.